The molecule has 0 aromatic carbocycles. The Morgan fingerprint density at radius 3 is 2.71 bits per heavy atom. The van der Waals surface area contributed by atoms with Crippen LogP contribution in [0.15, 0.2) is 6.07 Å². The molecule has 1 aliphatic heterocycles. The average molecular weight is 292 g/mol. The van der Waals surface area contributed by atoms with E-state index < -0.39 is 5.54 Å². The van der Waals surface area contributed by atoms with Crippen LogP contribution in [0, 0.1) is 6.92 Å². The maximum Gasteiger partial charge on any atom is 0.248 e. The van der Waals surface area contributed by atoms with Crippen molar-refractivity contribution in [2.45, 2.75) is 65.7 Å². The van der Waals surface area contributed by atoms with Gasteiger partial charge in [0.2, 0.25) is 11.8 Å². The lowest BCUT2D eigenvalue weighted by atomic mass is 10.0. The first kappa shape index (κ1) is 15.5. The summed E-state index contributed by atoms with van der Waals surface area (Å²) < 4.78 is 1.91. The van der Waals surface area contributed by atoms with Crippen LogP contribution in [0.2, 0.25) is 0 Å². The summed E-state index contributed by atoms with van der Waals surface area (Å²) in [6.45, 7) is 10.6. The van der Waals surface area contributed by atoms with Gasteiger partial charge in [-0.25, -0.2) is 0 Å². The second kappa shape index (κ2) is 5.50. The molecular formula is C15H24N4O2. The number of rotatable bonds is 3. The number of nitrogens with zero attached hydrogens (tertiary/aromatic N) is 3. The van der Waals surface area contributed by atoms with Crippen molar-refractivity contribution >= 4 is 11.8 Å². The Bertz CT molecular complexity index is 562. The first-order chi connectivity index (χ1) is 9.74. The van der Waals surface area contributed by atoms with Gasteiger partial charge in [0, 0.05) is 19.0 Å². The van der Waals surface area contributed by atoms with Gasteiger partial charge in [0.25, 0.3) is 0 Å². The summed E-state index contributed by atoms with van der Waals surface area (Å²) in [5.41, 5.74) is 1.07. The Hall–Kier alpha value is -1.85. The van der Waals surface area contributed by atoms with Crippen LogP contribution in [-0.4, -0.2) is 38.1 Å². The van der Waals surface area contributed by atoms with Crippen LogP contribution in [0.3, 0.4) is 0 Å². The molecule has 0 saturated carbocycles. The molecule has 2 rings (SSSR count). The lowest BCUT2D eigenvalue weighted by Gasteiger charge is -2.32. The topological polar surface area (TPSA) is 67.2 Å². The highest BCUT2D eigenvalue weighted by Crippen LogP contribution is 2.21. The molecule has 1 aliphatic rings. The van der Waals surface area contributed by atoms with Gasteiger partial charge in [0.1, 0.15) is 5.54 Å². The van der Waals surface area contributed by atoms with Crippen molar-refractivity contribution in [1.82, 2.24) is 20.0 Å². The number of nitrogens with one attached hydrogen (secondary N) is 1. The fourth-order valence-corrected chi connectivity index (χ4v) is 2.79. The Labute approximate surface area is 125 Å². The Morgan fingerprint density at radius 2 is 2.10 bits per heavy atom. The number of amides is 2. The third kappa shape index (κ3) is 3.09. The van der Waals surface area contributed by atoms with Gasteiger partial charge in [-0.2, -0.15) is 5.10 Å². The van der Waals surface area contributed by atoms with Crippen molar-refractivity contribution in [3.63, 3.8) is 0 Å². The average Bonchev–Trinajstić information content (AvgIpc) is 2.70. The highest BCUT2D eigenvalue weighted by atomic mass is 16.2. The largest absolute Gasteiger partial charge is 0.342 e. The third-order valence-corrected chi connectivity index (χ3v) is 3.88. The van der Waals surface area contributed by atoms with Gasteiger partial charge in [-0.3, -0.25) is 14.3 Å². The monoisotopic (exact) mass is 292 g/mol. The van der Waals surface area contributed by atoms with Gasteiger partial charge in [0.15, 0.2) is 0 Å². The van der Waals surface area contributed by atoms with Gasteiger partial charge < -0.3 is 10.2 Å². The quantitative estimate of drug-likeness (QED) is 0.911. The van der Waals surface area contributed by atoms with Gasteiger partial charge in [0.05, 0.1) is 17.9 Å². The zero-order valence-electron chi connectivity index (χ0n) is 13.4. The normalized spacial score (nSPS) is 22.1. The lowest BCUT2D eigenvalue weighted by Crippen LogP contribution is -2.53. The van der Waals surface area contributed by atoms with E-state index in [2.05, 4.69) is 10.4 Å². The lowest BCUT2D eigenvalue weighted by molar-refractivity contribution is -0.139. The molecule has 1 unspecified atom stereocenters. The van der Waals surface area contributed by atoms with Crippen LogP contribution < -0.4 is 5.32 Å². The fourth-order valence-electron chi connectivity index (χ4n) is 2.79. The SMILES string of the molecule is CCn1nc(C)cc1CN1C(=O)C(C)(C)NC(=O)CC1C. The summed E-state index contributed by atoms with van der Waals surface area (Å²) in [6.07, 6.45) is 0.328. The molecular weight excluding hydrogens is 268 g/mol. The molecule has 0 radical (unpaired) electrons. The molecule has 1 saturated heterocycles. The molecule has 2 amide bonds. The van der Waals surface area contributed by atoms with E-state index in [1.807, 2.05) is 31.5 Å². The van der Waals surface area contributed by atoms with Gasteiger partial charge >= 0.3 is 0 Å². The number of carbonyl (C=O) groups excluding carboxylic acids is 2. The minimum Gasteiger partial charge on any atom is -0.342 e. The number of aromatic nitrogens is 2. The fraction of sp³-hybridized carbons (Fsp3) is 0.667. The molecule has 116 valence electrons. The first-order valence-corrected chi connectivity index (χ1v) is 7.40. The van der Waals surface area contributed by atoms with E-state index >= 15 is 0 Å². The van der Waals surface area contributed by atoms with Crippen molar-refractivity contribution in [3.8, 4) is 0 Å². The highest BCUT2D eigenvalue weighted by Gasteiger charge is 2.39. The molecule has 6 nitrogen and oxygen atoms in total. The van der Waals surface area contributed by atoms with Crippen LogP contribution in [0.1, 0.15) is 45.5 Å². The number of carbonyl (C=O) groups is 2. The summed E-state index contributed by atoms with van der Waals surface area (Å²) in [6, 6.07) is 1.87. The number of hydrogen-bond donors (Lipinski definition) is 1. The summed E-state index contributed by atoms with van der Waals surface area (Å²) in [5.74, 6) is -0.133. The summed E-state index contributed by atoms with van der Waals surface area (Å²) in [5, 5.41) is 7.21. The van der Waals surface area contributed by atoms with Crippen LogP contribution in [-0.2, 0) is 22.7 Å². The molecule has 1 aromatic heterocycles. The summed E-state index contributed by atoms with van der Waals surface area (Å²) in [7, 11) is 0. The van der Waals surface area contributed by atoms with Crippen LogP contribution >= 0.6 is 0 Å². The molecule has 0 spiro atoms. The van der Waals surface area contributed by atoms with Crippen LogP contribution in [0.4, 0.5) is 0 Å². The van der Waals surface area contributed by atoms with E-state index in [4.69, 9.17) is 0 Å². The zero-order chi connectivity index (χ0) is 15.8. The van der Waals surface area contributed by atoms with Crippen LogP contribution in [0.25, 0.3) is 0 Å². The smallest absolute Gasteiger partial charge is 0.248 e. The summed E-state index contributed by atoms with van der Waals surface area (Å²) in [4.78, 5) is 26.4. The van der Waals surface area contributed by atoms with E-state index in [-0.39, 0.29) is 17.9 Å². The molecule has 0 aliphatic carbocycles. The second-order valence-corrected chi connectivity index (χ2v) is 6.25. The van der Waals surface area contributed by atoms with Crippen molar-refractivity contribution < 1.29 is 9.59 Å². The number of hydrogen-bond acceptors (Lipinski definition) is 3. The van der Waals surface area contributed by atoms with E-state index in [0.29, 0.717) is 13.0 Å². The van der Waals surface area contributed by atoms with Gasteiger partial charge in [-0.15, -0.1) is 0 Å². The second-order valence-electron chi connectivity index (χ2n) is 6.25. The van der Waals surface area contributed by atoms with Crippen molar-refractivity contribution in [2.75, 3.05) is 0 Å². The first-order valence-electron chi connectivity index (χ1n) is 7.40. The molecule has 1 N–H and O–H groups in total. The Morgan fingerprint density at radius 1 is 1.43 bits per heavy atom. The molecule has 2 heterocycles. The van der Waals surface area contributed by atoms with Crippen molar-refractivity contribution in [1.29, 1.82) is 0 Å². The minimum absolute atomic E-state index is 0.0534. The van der Waals surface area contributed by atoms with Gasteiger partial charge in [-0.1, -0.05) is 0 Å². The maximum absolute atomic E-state index is 12.7. The molecule has 0 bridgehead atoms. The zero-order valence-corrected chi connectivity index (χ0v) is 13.4. The standard InChI is InChI=1S/C15H24N4O2/c1-6-19-12(7-10(2)17-19)9-18-11(3)8-13(20)16-15(4,5)14(18)21/h7,11H,6,8-9H2,1-5H3,(H,16,20). The maximum atomic E-state index is 12.7. The minimum atomic E-state index is -0.867. The molecule has 1 atom stereocenters. The van der Waals surface area contributed by atoms with Crippen molar-refractivity contribution in [3.05, 3.63) is 17.5 Å². The van der Waals surface area contributed by atoms with Crippen molar-refractivity contribution in [2.24, 2.45) is 0 Å². The van der Waals surface area contributed by atoms with E-state index in [1.165, 1.54) is 0 Å². The summed E-state index contributed by atoms with van der Waals surface area (Å²) >= 11 is 0. The third-order valence-electron chi connectivity index (χ3n) is 3.88. The predicted molar refractivity (Wildman–Crippen MR) is 79.5 cm³/mol. The number of aryl methyl sites for hydroxylation is 2. The van der Waals surface area contributed by atoms with E-state index in [1.54, 1.807) is 18.7 Å². The highest BCUT2D eigenvalue weighted by molar-refractivity contribution is 5.93. The molecule has 1 aromatic rings. The predicted octanol–water partition coefficient (Wildman–Crippen LogP) is 1.23. The van der Waals surface area contributed by atoms with E-state index in [9.17, 15) is 9.59 Å². The Balaban J connectivity index is 2.31. The molecule has 6 heteroatoms. The molecule has 21 heavy (non-hydrogen) atoms. The van der Waals surface area contributed by atoms with Gasteiger partial charge in [-0.05, 0) is 40.7 Å². The molecule has 1 fully saturated rings. The Kier molecular flexibility index (Phi) is 4.07. The van der Waals surface area contributed by atoms with E-state index in [0.717, 1.165) is 17.9 Å². The van der Waals surface area contributed by atoms with Crippen LogP contribution in [0.5, 0.6) is 0 Å².